The number of fused-ring (bicyclic) bond motifs is 2. The molecule has 0 aromatic heterocycles. The van der Waals surface area contributed by atoms with E-state index in [1.807, 2.05) is 7.85 Å². The summed E-state index contributed by atoms with van der Waals surface area (Å²) in [5.41, 5.74) is 8.25. The number of ether oxygens (including phenoxy) is 2. The Labute approximate surface area is 128 Å². The Balaban J connectivity index is 2.18. The van der Waals surface area contributed by atoms with Crippen LogP contribution in [0.1, 0.15) is 20.8 Å². The predicted molar refractivity (Wildman–Crippen MR) is 86.5 cm³/mol. The van der Waals surface area contributed by atoms with E-state index in [1.165, 1.54) is 0 Å². The Morgan fingerprint density at radius 2 is 2.14 bits per heavy atom. The van der Waals surface area contributed by atoms with E-state index in [4.69, 9.17) is 19.4 Å². The summed E-state index contributed by atoms with van der Waals surface area (Å²) >= 11 is 0. The van der Waals surface area contributed by atoms with Crippen LogP contribution in [0.4, 0.5) is 0 Å². The van der Waals surface area contributed by atoms with Gasteiger partial charge in [-0.1, -0.05) is 25.9 Å². The number of nitrogens with zero attached hydrogens (tertiary/aromatic N) is 3. The maximum atomic E-state index is 8.87. The molecule has 0 radical (unpaired) electrons. The molecule has 6 nitrogen and oxygen atoms in total. The summed E-state index contributed by atoms with van der Waals surface area (Å²) in [6.45, 7) is 12.5. The normalized spacial score (nSPS) is 36.3. The van der Waals surface area contributed by atoms with Crippen LogP contribution in [0, 0.1) is 5.92 Å². The Morgan fingerprint density at radius 3 is 2.71 bits per heavy atom. The van der Waals surface area contributed by atoms with E-state index in [1.54, 1.807) is 0 Å². The Hall–Kier alpha value is -0.528. The average Bonchev–Trinajstić information content (AvgIpc) is 2.52. The van der Waals surface area contributed by atoms with Crippen molar-refractivity contribution in [1.29, 1.82) is 0 Å². The van der Waals surface area contributed by atoms with Gasteiger partial charge < -0.3 is 13.9 Å². The number of hydrogen-bond donors (Lipinski definition) is 0. The molecule has 0 spiro atoms. The zero-order chi connectivity index (χ0) is 15.9. The van der Waals surface area contributed by atoms with Crippen molar-refractivity contribution in [3.05, 3.63) is 10.4 Å². The first kappa shape index (κ1) is 16.8. The van der Waals surface area contributed by atoms with Crippen molar-refractivity contribution in [3.63, 3.8) is 0 Å². The van der Waals surface area contributed by atoms with Gasteiger partial charge in [0.15, 0.2) is 8.32 Å². The zero-order valence-electron chi connectivity index (χ0n) is 13.9. The molecule has 0 aromatic rings. The highest BCUT2D eigenvalue weighted by molar-refractivity contribution is 6.74. The molecule has 0 aromatic carbocycles. The monoisotopic (exact) mass is 311 g/mol. The molecule has 21 heavy (non-hydrogen) atoms. The molecule has 0 N–H and O–H groups in total. The maximum absolute atomic E-state index is 8.87. The van der Waals surface area contributed by atoms with Crippen LogP contribution in [0.5, 0.6) is 0 Å². The highest BCUT2D eigenvalue weighted by Gasteiger charge is 2.57. The second-order valence-corrected chi connectivity index (χ2v) is 12.6. The summed E-state index contributed by atoms with van der Waals surface area (Å²) in [6.07, 6.45) is 0. The fourth-order valence-electron chi connectivity index (χ4n) is 2.81. The van der Waals surface area contributed by atoms with Crippen LogP contribution >= 0.6 is 0 Å². The third kappa shape index (κ3) is 3.01. The van der Waals surface area contributed by atoms with Crippen molar-refractivity contribution < 1.29 is 13.9 Å². The Morgan fingerprint density at radius 1 is 1.48 bits per heavy atom. The predicted octanol–water partition coefficient (Wildman–Crippen LogP) is 2.06. The van der Waals surface area contributed by atoms with Gasteiger partial charge in [0.2, 0.25) is 0 Å². The second-order valence-electron chi connectivity index (χ2n) is 7.77. The molecule has 0 amide bonds. The number of azide groups is 1. The number of rotatable bonds is 4. The lowest BCUT2D eigenvalue weighted by atomic mass is 9.80. The summed E-state index contributed by atoms with van der Waals surface area (Å²) in [6, 6.07) is -0.165. The van der Waals surface area contributed by atoms with Crippen LogP contribution in [0.25, 0.3) is 10.4 Å². The van der Waals surface area contributed by atoms with Gasteiger partial charge in [-0.3, -0.25) is 0 Å². The van der Waals surface area contributed by atoms with Crippen molar-refractivity contribution in [1.82, 2.24) is 0 Å². The third-order valence-corrected chi connectivity index (χ3v) is 9.76. The first-order valence-corrected chi connectivity index (χ1v) is 10.5. The summed E-state index contributed by atoms with van der Waals surface area (Å²) in [5, 5.41) is 4.14. The van der Waals surface area contributed by atoms with E-state index in [2.05, 4.69) is 43.9 Å². The first-order chi connectivity index (χ1) is 9.63. The van der Waals surface area contributed by atoms with Crippen LogP contribution in [0.2, 0.25) is 18.1 Å². The molecule has 2 aliphatic rings. The third-order valence-electron chi connectivity index (χ3n) is 5.28. The topological polar surface area (TPSA) is 76.5 Å². The summed E-state index contributed by atoms with van der Waals surface area (Å²) < 4.78 is 18.2. The van der Waals surface area contributed by atoms with E-state index < -0.39 is 13.9 Å². The molecule has 2 fully saturated rings. The molecule has 118 valence electrons. The fourth-order valence-corrected chi connectivity index (χ4v) is 3.85. The smallest absolute Gasteiger partial charge is 0.192 e. The van der Waals surface area contributed by atoms with Gasteiger partial charge in [0.05, 0.1) is 25.9 Å². The largest absolute Gasteiger partial charge is 0.414 e. The highest BCUT2D eigenvalue weighted by Crippen LogP contribution is 2.43. The fraction of sp³-hybridized carbons (Fsp3) is 1.00. The van der Waals surface area contributed by atoms with Crippen LogP contribution < -0.4 is 0 Å². The first-order valence-electron chi connectivity index (χ1n) is 7.57. The van der Waals surface area contributed by atoms with Gasteiger partial charge in [0.1, 0.15) is 13.4 Å². The highest BCUT2D eigenvalue weighted by atomic mass is 28.4. The molecular formula is C13H26BN3O3Si. The van der Waals surface area contributed by atoms with Crippen LogP contribution in [-0.4, -0.2) is 53.6 Å². The summed E-state index contributed by atoms with van der Waals surface area (Å²) in [4.78, 5) is 3.02. The number of hydrogen-bond acceptors (Lipinski definition) is 4. The van der Waals surface area contributed by atoms with E-state index in [0.717, 1.165) is 0 Å². The minimum absolute atomic E-state index is 0.0333. The molecule has 8 heteroatoms. The van der Waals surface area contributed by atoms with E-state index in [-0.39, 0.29) is 23.0 Å². The summed E-state index contributed by atoms with van der Waals surface area (Å²) in [7, 11) is 0.143. The molecule has 2 aliphatic heterocycles. The minimum Gasteiger partial charge on any atom is -0.414 e. The van der Waals surface area contributed by atoms with Gasteiger partial charge in [-0.15, -0.1) is 0 Å². The molecule has 0 saturated carbocycles. The molecule has 2 rings (SSSR count). The van der Waals surface area contributed by atoms with Crippen molar-refractivity contribution >= 4 is 16.2 Å². The molecule has 2 heterocycles. The quantitative estimate of drug-likeness (QED) is 0.345. The van der Waals surface area contributed by atoms with Crippen LogP contribution in [0.15, 0.2) is 5.11 Å². The lowest BCUT2D eigenvalue weighted by Crippen LogP contribution is -2.55. The van der Waals surface area contributed by atoms with Gasteiger partial charge in [0.25, 0.3) is 0 Å². The average molecular weight is 311 g/mol. The van der Waals surface area contributed by atoms with Gasteiger partial charge in [-0.25, -0.2) is 0 Å². The van der Waals surface area contributed by atoms with Crippen LogP contribution in [-0.2, 0) is 13.9 Å². The van der Waals surface area contributed by atoms with Gasteiger partial charge in [-0.2, -0.15) is 0 Å². The molecule has 0 aliphatic carbocycles. The lowest BCUT2D eigenvalue weighted by molar-refractivity contribution is -0.103. The Bertz CT molecular complexity index is 450. The van der Waals surface area contributed by atoms with Crippen LogP contribution in [0.3, 0.4) is 0 Å². The SMILES string of the molecule is B[C@@H]1O[C@@]2(CO[Si](C)(C)C(C)(C)C)COC[C@@H]1[C@@H]2N=[N+]=[N-]. The molecule has 4 atom stereocenters. The zero-order valence-corrected chi connectivity index (χ0v) is 14.9. The maximum Gasteiger partial charge on any atom is 0.192 e. The van der Waals surface area contributed by atoms with Crippen molar-refractivity contribution in [2.24, 2.45) is 11.0 Å². The molecule has 2 saturated heterocycles. The van der Waals surface area contributed by atoms with Crippen molar-refractivity contribution in [3.8, 4) is 0 Å². The Kier molecular flexibility index (Phi) is 4.48. The van der Waals surface area contributed by atoms with Gasteiger partial charge >= 0.3 is 0 Å². The molecule has 0 unspecified atom stereocenters. The van der Waals surface area contributed by atoms with Gasteiger partial charge in [-0.05, 0) is 23.7 Å². The van der Waals surface area contributed by atoms with E-state index >= 15 is 0 Å². The van der Waals surface area contributed by atoms with Crippen molar-refractivity contribution in [2.75, 3.05) is 19.8 Å². The molecular weight excluding hydrogens is 285 g/mol. The second kappa shape index (κ2) is 5.59. The lowest BCUT2D eigenvalue weighted by Gasteiger charge is -2.42. The van der Waals surface area contributed by atoms with E-state index in [9.17, 15) is 0 Å². The van der Waals surface area contributed by atoms with Crippen molar-refractivity contribution in [2.45, 2.75) is 56.5 Å². The van der Waals surface area contributed by atoms with E-state index in [0.29, 0.717) is 19.8 Å². The standard InChI is InChI=1S/C13H26BN3O3Si/c1-12(2,3)21(4,5)19-8-13-7-18-6-9(11(14)20-13)10(13)16-17-15/h9-11H,6-8,14H2,1-5H3/t9-,10+,11-,13-/m1/s1. The minimum atomic E-state index is -1.88. The van der Waals surface area contributed by atoms with Gasteiger partial charge in [0, 0.05) is 16.8 Å². The molecule has 2 bridgehead atoms. The summed E-state index contributed by atoms with van der Waals surface area (Å²) in [5.74, 6) is 0.123.